The van der Waals surface area contributed by atoms with E-state index in [9.17, 15) is 4.79 Å². The fourth-order valence-corrected chi connectivity index (χ4v) is 1.95. The number of carboxylic acids is 1. The lowest BCUT2D eigenvalue weighted by Crippen LogP contribution is -2.25. The van der Waals surface area contributed by atoms with Crippen molar-refractivity contribution in [2.24, 2.45) is 5.92 Å². The summed E-state index contributed by atoms with van der Waals surface area (Å²) in [5, 5.41) is 8.22. The number of aliphatic carboxylic acids is 1. The Bertz CT molecular complexity index is 141. The van der Waals surface area contributed by atoms with Gasteiger partial charge in [-0.15, -0.1) is 0 Å². The van der Waals surface area contributed by atoms with Crippen LogP contribution in [0.4, 0.5) is 0 Å². The van der Waals surface area contributed by atoms with Gasteiger partial charge in [-0.1, -0.05) is 19.3 Å². The summed E-state index contributed by atoms with van der Waals surface area (Å²) in [5.74, 6) is -0.454. The average Bonchev–Trinajstić information content (AvgIpc) is 2.05. The van der Waals surface area contributed by atoms with E-state index in [2.05, 4.69) is 12.6 Å². The molecule has 1 aliphatic rings. The maximum atomic E-state index is 10.5. The van der Waals surface area contributed by atoms with Crippen LogP contribution in [0, 0.1) is 5.92 Å². The van der Waals surface area contributed by atoms with Gasteiger partial charge in [0.1, 0.15) is 5.25 Å². The summed E-state index contributed by atoms with van der Waals surface area (Å²) in [6.45, 7) is 0. The second-order valence-electron chi connectivity index (χ2n) is 3.18. The van der Waals surface area contributed by atoms with Gasteiger partial charge in [-0.2, -0.15) is 12.6 Å². The lowest BCUT2D eigenvalue weighted by Gasteiger charge is -2.23. The summed E-state index contributed by atoms with van der Waals surface area (Å²) < 4.78 is 0. The lowest BCUT2D eigenvalue weighted by molar-refractivity contribution is -0.137. The van der Waals surface area contributed by atoms with E-state index in [0.717, 1.165) is 12.8 Å². The van der Waals surface area contributed by atoms with Crippen molar-refractivity contribution >= 4 is 18.6 Å². The van der Waals surface area contributed by atoms with Crippen LogP contribution in [-0.2, 0) is 4.79 Å². The molecule has 1 atom stereocenters. The van der Waals surface area contributed by atoms with Gasteiger partial charge >= 0.3 is 5.97 Å². The third kappa shape index (κ3) is 2.40. The zero-order valence-corrected chi connectivity index (χ0v) is 7.39. The van der Waals surface area contributed by atoms with E-state index in [1.54, 1.807) is 0 Å². The van der Waals surface area contributed by atoms with E-state index in [1.807, 2.05) is 0 Å². The van der Waals surface area contributed by atoms with Gasteiger partial charge in [0.25, 0.3) is 0 Å². The van der Waals surface area contributed by atoms with Gasteiger partial charge in [-0.25, -0.2) is 0 Å². The fraction of sp³-hybridized carbons (Fsp3) is 0.875. The second-order valence-corrected chi connectivity index (χ2v) is 3.74. The van der Waals surface area contributed by atoms with Crippen molar-refractivity contribution in [3.05, 3.63) is 0 Å². The predicted octanol–water partition coefficient (Wildman–Crippen LogP) is 1.95. The van der Waals surface area contributed by atoms with Crippen LogP contribution in [0.25, 0.3) is 0 Å². The van der Waals surface area contributed by atoms with Crippen LogP contribution in [0.1, 0.15) is 32.1 Å². The first-order valence-corrected chi connectivity index (χ1v) is 4.64. The highest BCUT2D eigenvalue weighted by Gasteiger charge is 2.25. The molecule has 0 unspecified atom stereocenters. The molecule has 0 saturated heterocycles. The molecule has 0 aromatic rings. The van der Waals surface area contributed by atoms with Crippen molar-refractivity contribution in [2.45, 2.75) is 37.4 Å². The molecular formula is C8H14O2S. The maximum absolute atomic E-state index is 10.5. The molecule has 1 saturated carbocycles. The minimum Gasteiger partial charge on any atom is -0.480 e. The molecule has 64 valence electrons. The Hall–Kier alpha value is -0.180. The van der Waals surface area contributed by atoms with Crippen LogP contribution in [0.2, 0.25) is 0 Å². The Kier molecular flexibility index (Phi) is 3.24. The van der Waals surface area contributed by atoms with Crippen molar-refractivity contribution in [1.82, 2.24) is 0 Å². The highest BCUT2D eigenvalue weighted by atomic mass is 32.1. The van der Waals surface area contributed by atoms with Crippen molar-refractivity contribution in [1.29, 1.82) is 0 Å². The van der Waals surface area contributed by atoms with E-state index < -0.39 is 11.2 Å². The third-order valence-corrected chi connectivity index (χ3v) is 2.99. The Morgan fingerprint density at radius 2 is 1.91 bits per heavy atom. The highest BCUT2D eigenvalue weighted by Crippen LogP contribution is 2.28. The number of thiol groups is 1. The van der Waals surface area contributed by atoms with Crippen LogP contribution >= 0.6 is 12.6 Å². The third-order valence-electron chi connectivity index (χ3n) is 2.35. The van der Waals surface area contributed by atoms with Crippen molar-refractivity contribution in [2.75, 3.05) is 0 Å². The Balaban J connectivity index is 2.38. The number of hydrogen-bond acceptors (Lipinski definition) is 2. The van der Waals surface area contributed by atoms with Gasteiger partial charge in [0.15, 0.2) is 0 Å². The summed E-state index contributed by atoms with van der Waals surface area (Å²) in [6.07, 6.45) is 5.70. The molecular weight excluding hydrogens is 160 g/mol. The van der Waals surface area contributed by atoms with E-state index in [1.165, 1.54) is 19.3 Å². The molecule has 2 nitrogen and oxygen atoms in total. The van der Waals surface area contributed by atoms with E-state index >= 15 is 0 Å². The Labute approximate surface area is 72.4 Å². The van der Waals surface area contributed by atoms with Crippen LogP contribution in [0.5, 0.6) is 0 Å². The van der Waals surface area contributed by atoms with Gasteiger partial charge < -0.3 is 5.11 Å². The summed E-state index contributed by atoms with van der Waals surface area (Å²) in [6, 6.07) is 0. The molecule has 11 heavy (non-hydrogen) atoms. The maximum Gasteiger partial charge on any atom is 0.316 e. The number of rotatable bonds is 2. The van der Waals surface area contributed by atoms with Gasteiger partial charge in [0.05, 0.1) is 0 Å². The van der Waals surface area contributed by atoms with Gasteiger partial charge in [-0.3, -0.25) is 4.79 Å². The number of hydrogen-bond donors (Lipinski definition) is 2. The first-order valence-electron chi connectivity index (χ1n) is 4.12. The predicted molar refractivity (Wildman–Crippen MR) is 47.0 cm³/mol. The Morgan fingerprint density at radius 3 is 2.36 bits per heavy atom. The minimum atomic E-state index is -0.764. The highest BCUT2D eigenvalue weighted by molar-refractivity contribution is 7.81. The molecule has 0 bridgehead atoms. The SMILES string of the molecule is O=C(O)[C@@H](S)C1CCCCC1. The fourth-order valence-electron chi connectivity index (χ4n) is 1.65. The molecule has 0 amide bonds. The zero-order valence-electron chi connectivity index (χ0n) is 6.49. The minimum absolute atomic E-state index is 0.310. The standard InChI is InChI=1S/C8H14O2S/c9-8(10)7(11)6-4-2-1-3-5-6/h6-7,11H,1-5H2,(H,9,10)/t7-/m0/s1. The summed E-state index contributed by atoms with van der Waals surface area (Å²) in [7, 11) is 0. The lowest BCUT2D eigenvalue weighted by atomic mass is 9.87. The molecule has 0 heterocycles. The monoisotopic (exact) mass is 174 g/mol. The smallest absolute Gasteiger partial charge is 0.316 e. The molecule has 0 aromatic heterocycles. The van der Waals surface area contributed by atoms with Crippen molar-refractivity contribution in [3.63, 3.8) is 0 Å². The van der Waals surface area contributed by atoms with Crippen LogP contribution < -0.4 is 0 Å². The number of carbonyl (C=O) groups is 1. The van der Waals surface area contributed by atoms with Gasteiger partial charge in [0.2, 0.25) is 0 Å². The molecule has 0 aromatic carbocycles. The number of carboxylic acid groups (broad SMARTS) is 1. The zero-order chi connectivity index (χ0) is 8.27. The molecule has 0 radical (unpaired) electrons. The molecule has 1 N–H and O–H groups in total. The summed E-state index contributed by atoms with van der Waals surface area (Å²) >= 11 is 4.07. The quantitative estimate of drug-likeness (QED) is 0.628. The molecule has 1 fully saturated rings. The Morgan fingerprint density at radius 1 is 1.36 bits per heavy atom. The molecule has 0 aliphatic heterocycles. The van der Waals surface area contributed by atoms with E-state index in [4.69, 9.17) is 5.11 Å². The second kappa shape index (κ2) is 4.00. The van der Waals surface area contributed by atoms with E-state index in [0.29, 0.717) is 5.92 Å². The van der Waals surface area contributed by atoms with Crippen LogP contribution in [0.15, 0.2) is 0 Å². The largest absolute Gasteiger partial charge is 0.480 e. The molecule has 1 rings (SSSR count). The first kappa shape index (κ1) is 8.91. The van der Waals surface area contributed by atoms with Crippen LogP contribution in [-0.4, -0.2) is 16.3 Å². The molecule has 3 heteroatoms. The topological polar surface area (TPSA) is 37.3 Å². The average molecular weight is 174 g/mol. The van der Waals surface area contributed by atoms with Gasteiger partial charge in [-0.05, 0) is 18.8 Å². The van der Waals surface area contributed by atoms with E-state index in [-0.39, 0.29) is 0 Å². The summed E-state index contributed by atoms with van der Waals surface area (Å²) in [5.41, 5.74) is 0. The normalized spacial score (nSPS) is 23.0. The first-order chi connectivity index (χ1) is 5.22. The molecule has 0 spiro atoms. The van der Waals surface area contributed by atoms with Crippen molar-refractivity contribution < 1.29 is 9.90 Å². The summed E-state index contributed by atoms with van der Waals surface area (Å²) in [4.78, 5) is 10.5. The van der Waals surface area contributed by atoms with Gasteiger partial charge in [0, 0.05) is 0 Å². The van der Waals surface area contributed by atoms with Crippen LogP contribution in [0.3, 0.4) is 0 Å². The molecule has 1 aliphatic carbocycles. The van der Waals surface area contributed by atoms with Crippen molar-refractivity contribution in [3.8, 4) is 0 Å².